The van der Waals surface area contributed by atoms with Crippen LogP contribution in [0.1, 0.15) is 18.4 Å². The minimum absolute atomic E-state index is 0.0387. The van der Waals surface area contributed by atoms with Gasteiger partial charge in [0.1, 0.15) is 23.1 Å². The molecule has 2 aromatic rings. The summed E-state index contributed by atoms with van der Waals surface area (Å²) in [5, 5.41) is 11.6. The molecular formula is C23H23Cl2N5O6S. The lowest BCUT2D eigenvalue weighted by atomic mass is 9.97. The van der Waals surface area contributed by atoms with Gasteiger partial charge in [0.2, 0.25) is 21.8 Å². The number of hydrogen-bond acceptors (Lipinski definition) is 6. The summed E-state index contributed by atoms with van der Waals surface area (Å²) < 4.78 is 28.9. The Kier molecular flexibility index (Phi) is 6.77. The third-order valence-corrected chi connectivity index (χ3v) is 9.33. The topological polar surface area (TPSA) is 140 Å². The number of pyridine rings is 1. The summed E-state index contributed by atoms with van der Waals surface area (Å²) in [6.45, 7) is -0.497. The molecule has 3 heterocycles. The maximum absolute atomic E-state index is 13.9. The van der Waals surface area contributed by atoms with Crippen molar-refractivity contribution in [2.75, 3.05) is 13.1 Å². The predicted octanol–water partition coefficient (Wildman–Crippen LogP) is 1.80. The van der Waals surface area contributed by atoms with Gasteiger partial charge in [-0.05, 0) is 42.7 Å². The molecule has 196 valence electrons. The van der Waals surface area contributed by atoms with E-state index in [4.69, 9.17) is 23.2 Å². The van der Waals surface area contributed by atoms with Crippen LogP contribution in [0.15, 0.2) is 47.6 Å². The van der Waals surface area contributed by atoms with E-state index in [1.54, 1.807) is 29.4 Å². The van der Waals surface area contributed by atoms with E-state index < -0.39 is 46.8 Å². The first-order valence-electron chi connectivity index (χ1n) is 11.6. The molecule has 3 fully saturated rings. The number of carbonyl (C=O) groups is 3. The van der Waals surface area contributed by atoms with Gasteiger partial charge in [-0.1, -0.05) is 29.3 Å². The quantitative estimate of drug-likeness (QED) is 0.542. The highest BCUT2D eigenvalue weighted by Gasteiger charge is 2.55. The molecule has 0 bridgehead atoms. The van der Waals surface area contributed by atoms with Crippen LogP contribution in [0.3, 0.4) is 0 Å². The average molecular weight is 568 g/mol. The lowest BCUT2D eigenvalue weighted by Crippen LogP contribution is -2.76. The van der Waals surface area contributed by atoms with E-state index in [0.717, 1.165) is 17.1 Å². The van der Waals surface area contributed by atoms with Crippen molar-refractivity contribution in [1.29, 1.82) is 0 Å². The first-order valence-corrected chi connectivity index (χ1v) is 13.8. The predicted molar refractivity (Wildman–Crippen MR) is 132 cm³/mol. The van der Waals surface area contributed by atoms with Crippen LogP contribution >= 0.6 is 23.2 Å². The fourth-order valence-electron chi connectivity index (χ4n) is 4.93. The van der Waals surface area contributed by atoms with Crippen LogP contribution in [0.4, 0.5) is 4.79 Å². The van der Waals surface area contributed by atoms with Gasteiger partial charge in [0.05, 0.1) is 11.6 Å². The number of amides is 3. The number of nitrogens with one attached hydrogen (secondary N) is 1. The number of nitrogens with zero attached hydrogens (tertiary/aromatic N) is 4. The van der Waals surface area contributed by atoms with Gasteiger partial charge in [-0.2, -0.15) is 4.31 Å². The molecule has 3 atom stereocenters. The van der Waals surface area contributed by atoms with E-state index in [1.165, 1.54) is 23.1 Å². The van der Waals surface area contributed by atoms with Gasteiger partial charge in [-0.15, -0.1) is 0 Å². The minimum atomic E-state index is -4.35. The van der Waals surface area contributed by atoms with Crippen LogP contribution in [0, 0.1) is 0 Å². The van der Waals surface area contributed by atoms with Crippen LogP contribution in [-0.4, -0.2) is 87.9 Å². The third-order valence-electron chi connectivity index (χ3n) is 6.75. The monoisotopic (exact) mass is 567 g/mol. The van der Waals surface area contributed by atoms with E-state index in [1.807, 2.05) is 0 Å². The van der Waals surface area contributed by atoms with Gasteiger partial charge in [0.25, 0.3) is 0 Å². The average Bonchev–Trinajstić information content (AvgIpc) is 3.67. The lowest BCUT2D eigenvalue weighted by molar-refractivity contribution is -0.167. The second-order valence-electron chi connectivity index (χ2n) is 9.18. The van der Waals surface area contributed by atoms with Crippen LogP contribution in [0.5, 0.6) is 0 Å². The number of benzene rings is 1. The van der Waals surface area contributed by atoms with E-state index in [9.17, 15) is 27.9 Å². The number of piperazine rings is 1. The molecule has 2 N–H and O–H groups in total. The van der Waals surface area contributed by atoms with Gasteiger partial charge >= 0.3 is 6.09 Å². The normalized spacial score (nSPS) is 24.6. The summed E-state index contributed by atoms with van der Waals surface area (Å²) in [6.07, 6.45) is 2.25. The summed E-state index contributed by atoms with van der Waals surface area (Å²) in [7, 11) is -4.35. The Hall–Kier alpha value is -2.93. The molecule has 14 heteroatoms. The van der Waals surface area contributed by atoms with Gasteiger partial charge in [0, 0.05) is 36.4 Å². The number of carbonyl (C=O) groups excluding carboxylic acids is 2. The molecule has 1 aromatic carbocycles. The van der Waals surface area contributed by atoms with Crippen molar-refractivity contribution in [2.45, 2.75) is 48.4 Å². The van der Waals surface area contributed by atoms with Gasteiger partial charge in [-0.3, -0.25) is 14.6 Å². The van der Waals surface area contributed by atoms with Crippen LogP contribution in [0.2, 0.25) is 10.0 Å². The standard InChI is InChI=1S/C23H23Cl2N5O6S/c24-14-3-6-19(16(25)9-14)37(35,36)29-11-17(27-23(33)34)21(31)30-18(8-13-2-1-7-26-10-13)22(32)28(12-20(29)30)15-4-5-15/h1-3,6-7,9-10,15,17-18,20,27H,4-5,8,11-12H2,(H,33,34). The van der Waals surface area contributed by atoms with Gasteiger partial charge < -0.3 is 20.2 Å². The van der Waals surface area contributed by atoms with Crippen molar-refractivity contribution in [3.63, 3.8) is 0 Å². The highest BCUT2D eigenvalue weighted by atomic mass is 35.5. The number of halogens is 2. The highest BCUT2D eigenvalue weighted by Crippen LogP contribution is 2.37. The molecule has 3 unspecified atom stereocenters. The number of carboxylic acid groups (broad SMARTS) is 1. The largest absolute Gasteiger partial charge is 0.465 e. The zero-order valence-electron chi connectivity index (χ0n) is 19.3. The molecule has 0 radical (unpaired) electrons. The zero-order valence-corrected chi connectivity index (χ0v) is 21.7. The number of fused-ring (bicyclic) bond motifs is 1. The van der Waals surface area contributed by atoms with Crippen molar-refractivity contribution in [2.24, 2.45) is 0 Å². The Morgan fingerprint density at radius 3 is 2.51 bits per heavy atom. The first-order chi connectivity index (χ1) is 17.6. The molecule has 3 aliphatic rings. The molecule has 11 nitrogen and oxygen atoms in total. The van der Waals surface area contributed by atoms with Crippen molar-refractivity contribution in [3.8, 4) is 0 Å². The van der Waals surface area contributed by atoms with Crippen LogP contribution in [0.25, 0.3) is 0 Å². The second kappa shape index (κ2) is 9.75. The Labute approximate surface area is 223 Å². The Bertz CT molecular complexity index is 1360. The molecule has 5 rings (SSSR count). The summed E-state index contributed by atoms with van der Waals surface area (Å²) in [4.78, 5) is 45.4. The SMILES string of the molecule is O=C(O)NC1CN(S(=O)(=O)c2ccc(Cl)cc2Cl)C2CN(C3CC3)C(=O)C(Cc3cccnc3)N2C1=O. The van der Waals surface area contributed by atoms with E-state index in [0.29, 0.717) is 5.56 Å². The van der Waals surface area contributed by atoms with Crippen LogP contribution in [-0.2, 0) is 26.0 Å². The molecular weight excluding hydrogens is 545 g/mol. The summed E-state index contributed by atoms with van der Waals surface area (Å²) in [5.74, 6) is -0.979. The van der Waals surface area contributed by atoms with E-state index in [-0.39, 0.29) is 39.9 Å². The minimum Gasteiger partial charge on any atom is -0.465 e. The second-order valence-corrected chi connectivity index (χ2v) is 11.9. The number of sulfonamides is 1. The maximum Gasteiger partial charge on any atom is 0.405 e. The fraction of sp³-hybridized carbons (Fsp3) is 0.391. The molecule has 2 saturated heterocycles. The van der Waals surface area contributed by atoms with Crippen molar-refractivity contribution in [3.05, 3.63) is 58.3 Å². The maximum atomic E-state index is 13.9. The van der Waals surface area contributed by atoms with Crippen molar-refractivity contribution < 1.29 is 27.9 Å². The van der Waals surface area contributed by atoms with Crippen molar-refractivity contribution >= 4 is 51.1 Å². The van der Waals surface area contributed by atoms with E-state index >= 15 is 0 Å². The Balaban J connectivity index is 1.61. The smallest absolute Gasteiger partial charge is 0.405 e. The van der Waals surface area contributed by atoms with Crippen LogP contribution < -0.4 is 5.32 Å². The number of aromatic nitrogens is 1. The summed E-state index contributed by atoms with van der Waals surface area (Å²) in [5.41, 5.74) is 0.675. The van der Waals surface area contributed by atoms with Gasteiger partial charge in [0.15, 0.2) is 0 Å². The Morgan fingerprint density at radius 2 is 1.89 bits per heavy atom. The van der Waals surface area contributed by atoms with Crippen molar-refractivity contribution in [1.82, 2.24) is 24.4 Å². The molecule has 3 amide bonds. The fourth-order valence-corrected chi connectivity index (χ4v) is 7.26. The summed E-state index contributed by atoms with van der Waals surface area (Å²) >= 11 is 12.2. The zero-order chi connectivity index (χ0) is 26.5. The first kappa shape index (κ1) is 25.7. The molecule has 37 heavy (non-hydrogen) atoms. The molecule has 1 aromatic heterocycles. The number of hydrogen-bond donors (Lipinski definition) is 2. The number of rotatable bonds is 6. The van der Waals surface area contributed by atoms with Gasteiger partial charge in [-0.25, -0.2) is 13.2 Å². The highest BCUT2D eigenvalue weighted by molar-refractivity contribution is 7.89. The molecule has 1 saturated carbocycles. The third kappa shape index (κ3) is 4.86. The van der Waals surface area contributed by atoms with E-state index in [2.05, 4.69) is 10.3 Å². The summed E-state index contributed by atoms with van der Waals surface area (Å²) in [6, 6.07) is 4.88. The molecule has 1 aliphatic carbocycles. The lowest BCUT2D eigenvalue weighted by Gasteiger charge is -2.53. The Morgan fingerprint density at radius 1 is 1.14 bits per heavy atom. The molecule has 2 aliphatic heterocycles. The molecule has 0 spiro atoms.